The molecule has 78 valence electrons. The predicted molar refractivity (Wildman–Crippen MR) is 70.9 cm³/mol. The van der Waals surface area contributed by atoms with Crippen LogP contribution >= 0.6 is 23.1 Å². The van der Waals surface area contributed by atoms with Crippen LogP contribution in [-0.2, 0) is 0 Å². The van der Waals surface area contributed by atoms with Crippen LogP contribution in [0.4, 0.5) is 0 Å². The monoisotopic (exact) mass is 234 g/mol. The van der Waals surface area contributed by atoms with E-state index in [9.17, 15) is 0 Å². The minimum atomic E-state index is 1.15. The minimum Gasteiger partial charge on any atom is -0.136 e. The summed E-state index contributed by atoms with van der Waals surface area (Å²) in [6, 6.07) is 10.6. The molecule has 0 saturated heterocycles. The fourth-order valence-corrected chi connectivity index (χ4v) is 3.76. The van der Waals surface area contributed by atoms with E-state index in [1.807, 2.05) is 23.1 Å². The van der Waals surface area contributed by atoms with Gasteiger partial charge in [-0.15, -0.1) is 23.1 Å². The van der Waals surface area contributed by atoms with Crippen molar-refractivity contribution in [3.05, 3.63) is 41.3 Å². The predicted octanol–water partition coefficient (Wildman–Crippen LogP) is 4.84. The molecule has 0 nitrogen and oxygen atoms in total. The number of hydrogen-bond donors (Lipinski definition) is 0. The molecule has 0 fully saturated rings. The fourth-order valence-electron chi connectivity index (χ4n) is 1.57. The van der Waals surface area contributed by atoms with Gasteiger partial charge in [-0.1, -0.05) is 37.3 Å². The van der Waals surface area contributed by atoms with Crippen LogP contribution in [0.3, 0.4) is 0 Å². The third-order valence-corrected chi connectivity index (χ3v) is 4.73. The lowest BCUT2D eigenvalue weighted by molar-refractivity contribution is 1.41. The zero-order valence-electron chi connectivity index (χ0n) is 8.99. The quantitative estimate of drug-likeness (QED) is 0.685. The van der Waals surface area contributed by atoms with E-state index < -0.39 is 0 Å². The topological polar surface area (TPSA) is 0 Å². The van der Waals surface area contributed by atoms with E-state index >= 15 is 0 Å². The molecule has 0 amide bonds. The molecule has 1 aromatic heterocycles. The van der Waals surface area contributed by atoms with Crippen molar-refractivity contribution < 1.29 is 0 Å². The normalized spacial score (nSPS) is 10.5. The molecule has 0 bridgehead atoms. The van der Waals surface area contributed by atoms with Gasteiger partial charge in [-0.3, -0.25) is 0 Å². The van der Waals surface area contributed by atoms with Crippen molar-refractivity contribution in [2.24, 2.45) is 0 Å². The Morgan fingerprint density at radius 1 is 1.20 bits per heavy atom. The molecule has 2 aromatic rings. The highest BCUT2D eigenvalue weighted by atomic mass is 32.2. The molecule has 0 spiro atoms. The van der Waals surface area contributed by atoms with E-state index in [0.29, 0.717) is 0 Å². The summed E-state index contributed by atoms with van der Waals surface area (Å²) in [5.41, 5.74) is 4.14. The Kier molecular flexibility index (Phi) is 3.49. The van der Waals surface area contributed by atoms with Crippen LogP contribution in [0, 0.1) is 6.92 Å². The molecule has 0 saturated carbocycles. The summed E-state index contributed by atoms with van der Waals surface area (Å²) in [4.78, 5) is 0. The summed E-state index contributed by atoms with van der Waals surface area (Å²) in [7, 11) is 0. The van der Waals surface area contributed by atoms with Gasteiger partial charge in [-0.25, -0.2) is 0 Å². The smallest absolute Gasteiger partial charge is 0.0634 e. The second-order valence-electron chi connectivity index (χ2n) is 3.36. The van der Waals surface area contributed by atoms with Crippen LogP contribution in [0.25, 0.3) is 11.1 Å². The zero-order chi connectivity index (χ0) is 10.7. The lowest BCUT2D eigenvalue weighted by Crippen LogP contribution is -1.78. The Hall–Kier alpha value is -0.730. The minimum absolute atomic E-state index is 1.15. The third-order valence-electron chi connectivity index (χ3n) is 2.35. The van der Waals surface area contributed by atoms with Crippen LogP contribution in [0.5, 0.6) is 0 Å². The maximum atomic E-state index is 2.27. The Bertz CT molecular complexity index is 429. The molecular weight excluding hydrogens is 220 g/mol. The second kappa shape index (κ2) is 4.86. The maximum Gasteiger partial charge on any atom is 0.0634 e. The molecule has 0 radical (unpaired) electrons. The second-order valence-corrected chi connectivity index (χ2v) is 5.77. The van der Waals surface area contributed by atoms with Crippen LogP contribution in [0.15, 0.2) is 39.9 Å². The largest absolute Gasteiger partial charge is 0.136 e. The highest BCUT2D eigenvalue weighted by Gasteiger charge is 2.08. The first kappa shape index (κ1) is 10.8. The first-order valence-electron chi connectivity index (χ1n) is 5.09. The Balaban J connectivity index is 2.38. The molecule has 0 atom stereocenters. The molecule has 2 rings (SSSR count). The van der Waals surface area contributed by atoms with Crippen molar-refractivity contribution in [2.45, 2.75) is 18.1 Å². The molecule has 0 aliphatic carbocycles. The number of thioether (sulfide) groups is 1. The number of rotatable bonds is 3. The summed E-state index contributed by atoms with van der Waals surface area (Å²) >= 11 is 3.79. The van der Waals surface area contributed by atoms with Crippen molar-refractivity contribution in [3.8, 4) is 11.1 Å². The van der Waals surface area contributed by atoms with E-state index in [0.717, 1.165) is 5.75 Å². The number of hydrogen-bond acceptors (Lipinski definition) is 2. The van der Waals surface area contributed by atoms with E-state index in [4.69, 9.17) is 0 Å². The number of thiophene rings is 1. The van der Waals surface area contributed by atoms with Gasteiger partial charge in [-0.05, 0) is 29.4 Å². The van der Waals surface area contributed by atoms with E-state index in [-0.39, 0.29) is 0 Å². The summed E-state index contributed by atoms with van der Waals surface area (Å²) in [6.45, 7) is 4.42. The van der Waals surface area contributed by atoms with Gasteiger partial charge in [0.05, 0.1) is 4.21 Å². The van der Waals surface area contributed by atoms with Crippen molar-refractivity contribution in [1.29, 1.82) is 0 Å². The Morgan fingerprint density at radius 3 is 2.60 bits per heavy atom. The Labute approximate surface area is 99.3 Å². The van der Waals surface area contributed by atoms with E-state index in [1.54, 1.807) is 0 Å². The van der Waals surface area contributed by atoms with Gasteiger partial charge >= 0.3 is 0 Å². The van der Waals surface area contributed by atoms with Gasteiger partial charge in [0.15, 0.2) is 0 Å². The third kappa shape index (κ3) is 2.27. The van der Waals surface area contributed by atoms with E-state index in [1.165, 1.54) is 20.9 Å². The highest BCUT2D eigenvalue weighted by molar-refractivity contribution is 8.01. The fraction of sp³-hybridized carbons (Fsp3) is 0.231. The highest BCUT2D eigenvalue weighted by Crippen LogP contribution is 2.36. The summed E-state index contributed by atoms with van der Waals surface area (Å²) in [6.07, 6.45) is 0. The van der Waals surface area contributed by atoms with Crippen LogP contribution in [0.1, 0.15) is 12.5 Å². The molecule has 1 aromatic carbocycles. The summed E-state index contributed by atoms with van der Waals surface area (Å²) in [5, 5.41) is 2.27. The molecule has 2 heteroatoms. The van der Waals surface area contributed by atoms with Gasteiger partial charge in [0.25, 0.3) is 0 Å². The first-order chi connectivity index (χ1) is 7.33. The maximum absolute atomic E-state index is 2.27. The molecule has 15 heavy (non-hydrogen) atoms. The lowest BCUT2D eigenvalue weighted by Gasteiger charge is -2.01. The van der Waals surface area contributed by atoms with Crippen LogP contribution in [-0.4, -0.2) is 5.75 Å². The summed E-state index contributed by atoms with van der Waals surface area (Å²) in [5.74, 6) is 1.15. The molecule has 0 aliphatic rings. The molecular formula is C13H14S2. The average Bonchev–Trinajstić information content (AvgIpc) is 2.63. The summed E-state index contributed by atoms with van der Waals surface area (Å²) < 4.78 is 1.45. The standard InChI is InChI=1S/C13H14S2/c1-3-14-13-10(2)12(9-15-13)11-7-5-4-6-8-11/h4-9H,3H2,1-2H3. The SMILES string of the molecule is CCSc1scc(-c2ccccc2)c1C. The van der Waals surface area contributed by atoms with Crippen molar-refractivity contribution in [1.82, 2.24) is 0 Å². The van der Waals surface area contributed by atoms with Crippen molar-refractivity contribution in [3.63, 3.8) is 0 Å². The van der Waals surface area contributed by atoms with Crippen molar-refractivity contribution in [2.75, 3.05) is 5.75 Å². The van der Waals surface area contributed by atoms with Gasteiger partial charge in [0, 0.05) is 5.38 Å². The van der Waals surface area contributed by atoms with Crippen LogP contribution in [0.2, 0.25) is 0 Å². The molecule has 0 N–H and O–H groups in total. The average molecular weight is 234 g/mol. The van der Waals surface area contributed by atoms with Gasteiger partial charge in [-0.2, -0.15) is 0 Å². The molecule has 0 unspecified atom stereocenters. The molecule has 1 heterocycles. The van der Waals surface area contributed by atoms with Gasteiger partial charge < -0.3 is 0 Å². The Morgan fingerprint density at radius 2 is 1.93 bits per heavy atom. The van der Waals surface area contributed by atoms with Crippen molar-refractivity contribution >= 4 is 23.1 Å². The van der Waals surface area contributed by atoms with Crippen LogP contribution < -0.4 is 0 Å². The first-order valence-corrected chi connectivity index (χ1v) is 6.95. The lowest BCUT2D eigenvalue weighted by atomic mass is 10.1. The molecule has 0 aliphatic heterocycles. The zero-order valence-corrected chi connectivity index (χ0v) is 10.6. The van der Waals surface area contributed by atoms with Gasteiger partial charge in [0.1, 0.15) is 0 Å². The van der Waals surface area contributed by atoms with E-state index in [2.05, 4.69) is 49.6 Å². The number of benzene rings is 1. The van der Waals surface area contributed by atoms with Gasteiger partial charge in [0.2, 0.25) is 0 Å².